The normalized spacial score (nSPS) is 25.8. The molecule has 2 N–H and O–H groups in total. The molecule has 1 aromatic heterocycles. The van der Waals surface area contributed by atoms with Gasteiger partial charge in [0.25, 0.3) is 0 Å². The lowest BCUT2D eigenvalue weighted by molar-refractivity contribution is 0.105. The Morgan fingerprint density at radius 3 is 2.70 bits per heavy atom. The molecule has 1 aromatic rings. The highest BCUT2D eigenvalue weighted by molar-refractivity contribution is 6.37. The quantitative estimate of drug-likeness (QED) is 0.854. The Balaban J connectivity index is 2.22. The van der Waals surface area contributed by atoms with E-state index in [0.717, 1.165) is 26.0 Å². The van der Waals surface area contributed by atoms with Gasteiger partial charge in [-0.3, -0.25) is 0 Å². The van der Waals surface area contributed by atoms with Crippen LogP contribution in [0, 0.1) is 0 Å². The molecule has 2 heterocycles. The molecule has 112 valence electrons. The number of ether oxygens (including phenoxy) is 1. The Labute approximate surface area is 130 Å². The van der Waals surface area contributed by atoms with Crippen LogP contribution in [0.4, 0.5) is 11.6 Å². The molecule has 0 spiro atoms. The molecule has 0 amide bonds. The maximum Gasteiger partial charge on any atom is 0.147 e. The zero-order chi connectivity index (χ0) is 14.8. The van der Waals surface area contributed by atoms with Gasteiger partial charge in [0, 0.05) is 13.2 Å². The van der Waals surface area contributed by atoms with Crippen molar-refractivity contribution in [2.75, 3.05) is 23.8 Å². The molecule has 1 aliphatic rings. The molecule has 0 saturated carbocycles. The zero-order valence-corrected chi connectivity index (χ0v) is 13.6. The minimum Gasteiger partial charge on any atom is -0.376 e. The number of nitrogens with zero attached hydrogens (tertiary/aromatic N) is 1. The molecular weight excluding hydrogens is 297 g/mol. The lowest BCUT2D eigenvalue weighted by Gasteiger charge is -2.30. The van der Waals surface area contributed by atoms with Crippen LogP contribution >= 0.6 is 23.2 Å². The zero-order valence-electron chi connectivity index (χ0n) is 12.1. The fourth-order valence-corrected chi connectivity index (χ4v) is 2.66. The maximum atomic E-state index is 6.25. The van der Waals surface area contributed by atoms with E-state index in [9.17, 15) is 0 Å². The van der Waals surface area contributed by atoms with Crippen LogP contribution in [0.25, 0.3) is 0 Å². The number of nitrogens with one attached hydrogen (secondary N) is 2. The minimum atomic E-state index is -0.160. The number of hydrogen-bond donors (Lipinski definition) is 2. The third-order valence-corrected chi connectivity index (χ3v) is 4.34. The number of anilines is 2. The third kappa shape index (κ3) is 3.30. The molecule has 2 rings (SSSR count). The molecule has 0 radical (unpaired) electrons. The van der Waals surface area contributed by atoms with Crippen molar-refractivity contribution in [2.45, 2.75) is 45.3 Å². The number of pyridine rings is 1. The summed E-state index contributed by atoms with van der Waals surface area (Å²) in [4.78, 5) is 4.51. The summed E-state index contributed by atoms with van der Waals surface area (Å²) >= 11 is 12.4. The van der Waals surface area contributed by atoms with Gasteiger partial charge < -0.3 is 15.4 Å². The monoisotopic (exact) mass is 317 g/mol. The van der Waals surface area contributed by atoms with Crippen molar-refractivity contribution < 1.29 is 4.74 Å². The summed E-state index contributed by atoms with van der Waals surface area (Å²) in [5.41, 5.74) is -0.160. The molecule has 0 aliphatic carbocycles. The van der Waals surface area contributed by atoms with Crippen LogP contribution in [0.15, 0.2) is 6.07 Å². The Hall–Kier alpha value is -0.710. The van der Waals surface area contributed by atoms with Gasteiger partial charge in [0.2, 0.25) is 0 Å². The van der Waals surface area contributed by atoms with Crippen LogP contribution in [-0.4, -0.2) is 29.8 Å². The first-order valence-electron chi connectivity index (χ1n) is 6.96. The van der Waals surface area contributed by atoms with Crippen molar-refractivity contribution in [1.29, 1.82) is 0 Å². The highest BCUT2D eigenvalue weighted by atomic mass is 35.5. The van der Waals surface area contributed by atoms with Crippen molar-refractivity contribution >= 4 is 34.8 Å². The van der Waals surface area contributed by atoms with Gasteiger partial charge >= 0.3 is 0 Å². The summed E-state index contributed by atoms with van der Waals surface area (Å²) in [5, 5.41) is 7.68. The van der Waals surface area contributed by atoms with E-state index in [4.69, 9.17) is 27.9 Å². The first kappa shape index (κ1) is 15.7. The van der Waals surface area contributed by atoms with Crippen LogP contribution in [-0.2, 0) is 4.74 Å². The first-order chi connectivity index (χ1) is 9.46. The SMILES string of the molecule is CCCNc1nc(NC2(C)CCOC2C)c(Cl)cc1Cl. The average molecular weight is 318 g/mol. The van der Waals surface area contributed by atoms with E-state index in [2.05, 4.69) is 36.4 Å². The molecule has 2 unspecified atom stereocenters. The molecular formula is C14H21Cl2N3O. The summed E-state index contributed by atoms with van der Waals surface area (Å²) in [6.07, 6.45) is 2.04. The van der Waals surface area contributed by atoms with E-state index < -0.39 is 0 Å². The van der Waals surface area contributed by atoms with Gasteiger partial charge in [-0.2, -0.15) is 0 Å². The molecule has 6 heteroatoms. The molecule has 2 atom stereocenters. The van der Waals surface area contributed by atoms with Crippen molar-refractivity contribution in [3.8, 4) is 0 Å². The number of rotatable bonds is 5. The predicted molar refractivity (Wildman–Crippen MR) is 85.1 cm³/mol. The van der Waals surface area contributed by atoms with E-state index in [1.807, 2.05) is 0 Å². The van der Waals surface area contributed by atoms with Gasteiger partial charge in [0.1, 0.15) is 11.6 Å². The van der Waals surface area contributed by atoms with E-state index in [1.165, 1.54) is 0 Å². The third-order valence-electron chi connectivity index (χ3n) is 3.76. The van der Waals surface area contributed by atoms with Crippen LogP contribution in [0.1, 0.15) is 33.6 Å². The van der Waals surface area contributed by atoms with Crippen molar-refractivity contribution in [1.82, 2.24) is 4.98 Å². The fraction of sp³-hybridized carbons (Fsp3) is 0.643. The van der Waals surface area contributed by atoms with Gasteiger partial charge in [-0.05, 0) is 32.8 Å². The first-order valence-corrected chi connectivity index (χ1v) is 7.71. The van der Waals surface area contributed by atoms with E-state index in [1.54, 1.807) is 6.07 Å². The van der Waals surface area contributed by atoms with Gasteiger partial charge in [0.15, 0.2) is 0 Å². The Kier molecular flexibility index (Phi) is 4.99. The molecule has 1 saturated heterocycles. The molecule has 1 fully saturated rings. The highest BCUT2D eigenvalue weighted by Gasteiger charge is 2.37. The summed E-state index contributed by atoms with van der Waals surface area (Å²) in [7, 11) is 0. The van der Waals surface area contributed by atoms with Gasteiger partial charge in [-0.15, -0.1) is 0 Å². The van der Waals surface area contributed by atoms with Crippen LogP contribution in [0.2, 0.25) is 10.0 Å². The predicted octanol–water partition coefficient (Wildman–Crippen LogP) is 4.19. The summed E-state index contributed by atoms with van der Waals surface area (Å²) in [6.45, 7) is 7.84. The summed E-state index contributed by atoms with van der Waals surface area (Å²) in [5.74, 6) is 1.31. The minimum absolute atomic E-state index is 0.114. The second-order valence-corrected chi connectivity index (χ2v) is 6.20. The lowest BCUT2D eigenvalue weighted by Crippen LogP contribution is -2.41. The van der Waals surface area contributed by atoms with Crippen molar-refractivity contribution in [3.63, 3.8) is 0 Å². The maximum absolute atomic E-state index is 6.25. The van der Waals surface area contributed by atoms with Gasteiger partial charge in [-0.1, -0.05) is 30.1 Å². The van der Waals surface area contributed by atoms with Crippen molar-refractivity contribution in [3.05, 3.63) is 16.1 Å². The standard InChI is InChI=1S/C14H21Cl2N3O/c1-4-6-17-12-10(15)8-11(16)13(18-12)19-14(3)5-7-20-9(14)2/h8-9H,4-7H2,1-3H3,(H2,17,18,19). The summed E-state index contributed by atoms with van der Waals surface area (Å²) < 4.78 is 5.62. The van der Waals surface area contributed by atoms with Crippen LogP contribution < -0.4 is 10.6 Å². The topological polar surface area (TPSA) is 46.2 Å². The largest absolute Gasteiger partial charge is 0.376 e. The van der Waals surface area contributed by atoms with Crippen molar-refractivity contribution in [2.24, 2.45) is 0 Å². The fourth-order valence-electron chi connectivity index (χ4n) is 2.19. The van der Waals surface area contributed by atoms with E-state index in [0.29, 0.717) is 21.7 Å². The Bertz CT molecular complexity index is 484. The smallest absolute Gasteiger partial charge is 0.147 e. The van der Waals surface area contributed by atoms with E-state index in [-0.39, 0.29) is 11.6 Å². The Morgan fingerprint density at radius 2 is 2.10 bits per heavy atom. The van der Waals surface area contributed by atoms with Gasteiger partial charge in [0.05, 0.1) is 21.7 Å². The molecule has 0 bridgehead atoms. The second-order valence-electron chi connectivity index (χ2n) is 5.38. The highest BCUT2D eigenvalue weighted by Crippen LogP contribution is 2.34. The molecule has 0 aromatic carbocycles. The van der Waals surface area contributed by atoms with Gasteiger partial charge in [-0.25, -0.2) is 4.98 Å². The number of hydrogen-bond acceptors (Lipinski definition) is 4. The number of aromatic nitrogens is 1. The average Bonchev–Trinajstić information content (AvgIpc) is 2.71. The van der Waals surface area contributed by atoms with E-state index >= 15 is 0 Å². The molecule has 4 nitrogen and oxygen atoms in total. The summed E-state index contributed by atoms with van der Waals surface area (Å²) in [6, 6.07) is 1.72. The van der Waals surface area contributed by atoms with Crippen LogP contribution in [0.5, 0.6) is 0 Å². The number of halogens is 2. The second kappa shape index (κ2) is 6.37. The van der Waals surface area contributed by atoms with Crippen LogP contribution in [0.3, 0.4) is 0 Å². The molecule has 20 heavy (non-hydrogen) atoms. The Morgan fingerprint density at radius 1 is 1.40 bits per heavy atom. The lowest BCUT2D eigenvalue weighted by atomic mass is 9.95. The molecule has 1 aliphatic heterocycles.